The number of hydrogen-bond donors (Lipinski definition) is 2. The largest absolute Gasteiger partial charge is 0.505 e. The van der Waals surface area contributed by atoms with Crippen LogP contribution in [0.25, 0.3) is 0 Å². The van der Waals surface area contributed by atoms with E-state index in [4.69, 9.17) is 32.7 Å². The first-order chi connectivity index (χ1) is 14.0. The molecule has 7 heteroatoms. The lowest BCUT2D eigenvalue weighted by molar-refractivity contribution is 0.269. The maximum atomic E-state index is 9.69. The smallest absolute Gasteiger partial charge is 0.162 e. The minimum absolute atomic E-state index is 0.126. The van der Waals surface area contributed by atoms with Crippen LogP contribution in [-0.2, 0) is 13.2 Å². The quantitative estimate of drug-likeness (QED) is 0.328. The van der Waals surface area contributed by atoms with Crippen LogP contribution in [0.15, 0.2) is 59.1 Å². The molecular weight excluding hydrogens is 477 g/mol. The molecule has 0 saturated heterocycles. The highest BCUT2D eigenvalue weighted by Crippen LogP contribution is 2.37. The van der Waals surface area contributed by atoms with Gasteiger partial charge >= 0.3 is 0 Å². The zero-order valence-electron chi connectivity index (χ0n) is 15.7. The van der Waals surface area contributed by atoms with Crippen LogP contribution in [0.3, 0.4) is 0 Å². The second-order valence-corrected chi connectivity index (χ2v) is 7.91. The lowest BCUT2D eigenvalue weighted by Gasteiger charge is -2.16. The molecule has 0 saturated carbocycles. The van der Waals surface area contributed by atoms with Crippen molar-refractivity contribution in [2.24, 2.45) is 0 Å². The Bertz CT molecular complexity index is 960. The monoisotopic (exact) mass is 495 g/mol. The molecule has 0 heterocycles. The van der Waals surface area contributed by atoms with Gasteiger partial charge in [-0.25, -0.2) is 0 Å². The maximum Gasteiger partial charge on any atom is 0.162 e. The third-order valence-corrected chi connectivity index (χ3v) is 5.46. The van der Waals surface area contributed by atoms with Gasteiger partial charge in [-0.1, -0.05) is 69.5 Å². The van der Waals surface area contributed by atoms with Crippen molar-refractivity contribution in [3.05, 3.63) is 80.2 Å². The normalized spacial score (nSPS) is 10.6. The molecule has 4 nitrogen and oxygen atoms in total. The number of phenolic OH excluding ortho intramolecular Hbond substituents is 1. The van der Waals surface area contributed by atoms with E-state index in [0.717, 1.165) is 15.6 Å². The molecule has 152 valence electrons. The van der Waals surface area contributed by atoms with Gasteiger partial charge < -0.3 is 19.9 Å². The first-order valence-electron chi connectivity index (χ1n) is 9.01. The van der Waals surface area contributed by atoms with E-state index in [1.807, 2.05) is 49.4 Å². The van der Waals surface area contributed by atoms with Gasteiger partial charge in [0.1, 0.15) is 6.61 Å². The molecular formula is C22H20BrCl2NO3. The van der Waals surface area contributed by atoms with E-state index >= 15 is 0 Å². The zero-order valence-corrected chi connectivity index (χ0v) is 18.8. The maximum absolute atomic E-state index is 9.69. The van der Waals surface area contributed by atoms with Crippen molar-refractivity contribution in [1.82, 2.24) is 0 Å². The number of nitrogens with one attached hydrogen (secondary N) is 1. The Hall–Kier alpha value is -2.08. The van der Waals surface area contributed by atoms with Gasteiger partial charge in [-0.2, -0.15) is 0 Å². The first-order valence-corrected chi connectivity index (χ1v) is 10.6. The van der Waals surface area contributed by atoms with E-state index in [9.17, 15) is 5.11 Å². The molecule has 0 radical (unpaired) electrons. The molecule has 0 aliphatic rings. The Kier molecular flexibility index (Phi) is 7.53. The molecule has 3 rings (SSSR count). The fourth-order valence-electron chi connectivity index (χ4n) is 2.69. The van der Waals surface area contributed by atoms with Gasteiger partial charge in [0.05, 0.1) is 16.7 Å². The highest BCUT2D eigenvalue weighted by molar-refractivity contribution is 9.10. The predicted molar refractivity (Wildman–Crippen MR) is 122 cm³/mol. The van der Waals surface area contributed by atoms with Crippen molar-refractivity contribution >= 4 is 44.8 Å². The fourth-order valence-corrected chi connectivity index (χ4v) is 3.64. The van der Waals surface area contributed by atoms with Crippen LogP contribution in [0, 0.1) is 0 Å². The average molecular weight is 497 g/mol. The van der Waals surface area contributed by atoms with E-state index in [1.54, 1.807) is 12.1 Å². The third kappa shape index (κ3) is 5.72. The van der Waals surface area contributed by atoms with E-state index in [-0.39, 0.29) is 15.8 Å². The molecule has 3 aromatic carbocycles. The van der Waals surface area contributed by atoms with Crippen LogP contribution in [0.4, 0.5) is 5.69 Å². The molecule has 0 bridgehead atoms. The van der Waals surface area contributed by atoms with E-state index in [2.05, 4.69) is 21.2 Å². The Balaban J connectivity index is 1.76. The minimum atomic E-state index is -0.126. The van der Waals surface area contributed by atoms with Crippen molar-refractivity contribution in [2.45, 2.75) is 20.1 Å². The van der Waals surface area contributed by atoms with Crippen molar-refractivity contribution in [1.29, 1.82) is 0 Å². The van der Waals surface area contributed by atoms with Gasteiger partial charge in [0.15, 0.2) is 17.2 Å². The van der Waals surface area contributed by atoms with E-state index < -0.39 is 0 Å². The summed E-state index contributed by atoms with van der Waals surface area (Å²) in [6.07, 6.45) is 0. The van der Waals surface area contributed by atoms with Crippen LogP contribution in [-0.4, -0.2) is 11.7 Å². The molecule has 0 aliphatic carbocycles. The summed E-state index contributed by atoms with van der Waals surface area (Å²) >= 11 is 15.6. The summed E-state index contributed by atoms with van der Waals surface area (Å²) in [6, 6.07) is 17.1. The van der Waals surface area contributed by atoms with Crippen LogP contribution >= 0.6 is 39.1 Å². The van der Waals surface area contributed by atoms with Crippen LogP contribution in [0.2, 0.25) is 10.0 Å². The second kappa shape index (κ2) is 10.1. The zero-order chi connectivity index (χ0) is 20.8. The highest BCUT2D eigenvalue weighted by atomic mass is 79.9. The Morgan fingerprint density at radius 2 is 1.62 bits per heavy atom. The number of rotatable bonds is 8. The van der Waals surface area contributed by atoms with Gasteiger partial charge in [0.2, 0.25) is 0 Å². The van der Waals surface area contributed by atoms with Gasteiger partial charge in [-0.3, -0.25) is 0 Å². The standard InChI is InChI=1S/C22H20BrCl2NO3/c1-2-28-20-8-15(12-26-16-9-18(24)22(27)19(25)10-16)17(23)11-21(20)29-13-14-6-4-3-5-7-14/h3-11,26-27H,2,12-13H2,1H3. The molecule has 0 atom stereocenters. The Labute approximate surface area is 188 Å². The lowest BCUT2D eigenvalue weighted by atomic mass is 10.2. The molecule has 29 heavy (non-hydrogen) atoms. The van der Waals surface area contributed by atoms with Crippen LogP contribution in [0.1, 0.15) is 18.1 Å². The van der Waals surface area contributed by atoms with Crippen LogP contribution < -0.4 is 14.8 Å². The summed E-state index contributed by atoms with van der Waals surface area (Å²) in [6.45, 7) is 3.41. The van der Waals surface area contributed by atoms with Crippen molar-refractivity contribution in [3.63, 3.8) is 0 Å². The molecule has 0 aliphatic heterocycles. The topological polar surface area (TPSA) is 50.7 Å². The van der Waals surface area contributed by atoms with Gasteiger partial charge in [-0.05, 0) is 42.3 Å². The Morgan fingerprint density at radius 1 is 0.966 bits per heavy atom. The summed E-state index contributed by atoms with van der Waals surface area (Å²) in [5.41, 5.74) is 2.76. The number of benzene rings is 3. The van der Waals surface area contributed by atoms with E-state index in [1.165, 1.54) is 0 Å². The summed E-state index contributed by atoms with van der Waals surface area (Å²) in [5, 5.41) is 13.3. The van der Waals surface area contributed by atoms with Crippen LogP contribution in [0.5, 0.6) is 17.2 Å². The molecule has 3 aromatic rings. The van der Waals surface area contributed by atoms with Crippen molar-refractivity contribution in [2.75, 3.05) is 11.9 Å². The number of anilines is 1. The highest BCUT2D eigenvalue weighted by Gasteiger charge is 2.12. The molecule has 0 amide bonds. The van der Waals surface area contributed by atoms with Gasteiger partial charge in [0.25, 0.3) is 0 Å². The SMILES string of the molecule is CCOc1cc(CNc2cc(Cl)c(O)c(Cl)c2)c(Br)cc1OCc1ccccc1. The number of ether oxygens (including phenoxy) is 2. The van der Waals surface area contributed by atoms with E-state index in [0.29, 0.717) is 36.9 Å². The minimum Gasteiger partial charge on any atom is -0.505 e. The molecule has 2 N–H and O–H groups in total. The number of aromatic hydroxyl groups is 1. The molecule has 0 fully saturated rings. The summed E-state index contributed by atoms with van der Waals surface area (Å²) in [4.78, 5) is 0. The fraction of sp³-hybridized carbons (Fsp3) is 0.182. The summed E-state index contributed by atoms with van der Waals surface area (Å²) in [5.74, 6) is 1.21. The van der Waals surface area contributed by atoms with Crippen molar-refractivity contribution < 1.29 is 14.6 Å². The number of hydrogen-bond acceptors (Lipinski definition) is 4. The number of halogens is 3. The lowest BCUT2D eigenvalue weighted by Crippen LogP contribution is -2.04. The first kappa shape index (κ1) is 21.6. The average Bonchev–Trinajstić information content (AvgIpc) is 2.71. The predicted octanol–water partition coefficient (Wildman–Crippen LogP) is 7.05. The third-order valence-electron chi connectivity index (χ3n) is 4.15. The molecule has 0 aromatic heterocycles. The Morgan fingerprint density at radius 3 is 2.28 bits per heavy atom. The molecule has 0 unspecified atom stereocenters. The molecule has 0 spiro atoms. The summed E-state index contributed by atoms with van der Waals surface area (Å²) < 4.78 is 12.6. The number of phenols is 1. The summed E-state index contributed by atoms with van der Waals surface area (Å²) in [7, 11) is 0. The van der Waals surface area contributed by atoms with Crippen molar-refractivity contribution in [3.8, 4) is 17.2 Å². The van der Waals surface area contributed by atoms with Gasteiger partial charge in [0, 0.05) is 16.7 Å². The second-order valence-electron chi connectivity index (χ2n) is 6.24. The van der Waals surface area contributed by atoms with Gasteiger partial charge in [-0.15, -0.1) is 0 Å².